The summed E-state index contributed by atoms with van der Waals surface area (Å²) < 4.78 is 3.82. The van der Waals surface area contributed by atoms with E-state index in [1.165, 1.54) is 74.0 Å². The Morgan fingerprint density at radius 3 is 1.84 bits per heavy atom. The number of rotatable bonds is 12. The van der Waals surface area contributed by atoms with E-state index in [4.69, 9.17) is 0 Å². The Kier molecular flexibility index (Phi) is 10.0. The summed E-state index contributed by atoms with van der Waals surface area (Å²) >= 11 is 0. The van der Waals surface area contributed by atoms with Crippen LogP contribution in [-0.4, -0.2) is 44.2 Å². The van der Waals surface area contributed by atoms with Gasteiger partial charge in [-0.15, -0.1) is 0 Å². The van der Waals surface area contributed by atoms with Crippen molar-refractivity contribution < 1.29 is 4.59 Å². The third-order valence-corrected chi connectivity index (χ3v) is 16.9. The van der Waals surface area contributed by atoms with E-state index in [2.05, 4.69) is 169 Å². The Bertz CT molecular complexity index is 1600. The number of anilines is 3. The lowest BCUT2D eigenvalue weighted by Gasteiger charge is -2.55. The van der Waals surface area contributed by atoms with E-state index in [9.17, 15) is 0 Å². The summed E-state index contributed by atoms with van der Waals surface area (Å²) in [4.78, 5) is 2.46. The van der Waals surface area contributed by atoms with Crippen molar-refractivity contribution in [3.8, 4) is 0 Å². The molecule has 0 aliphatic heterocycles. The van der Waals surface area contributed by atoms with Crippen molar-refractivity contribution in [3.63, 3.8) is 0 Å². The zero-order chi connectivity index (χ0) is 35.2. The van der Waals surface area contributed by atoms with E-state index < -0.39 is 8.24 Å². The maximum Gasteiger partial charge on any atom is 0.191 e. The van der Waals surface area contributed by atoms with Gasteiger partial charge in [0.1, 0.15) is 0 Å². The lowest BCUT2D eigenvalue weighted by molar-refractivity contribution is -0.978. The van der Waals surface area contributed by atoms with Gasteiger partial charge < -0.3 is 4.90 Å². The molecule has 0 aromatic heterocycles. The summed E-state index contributed by atoms with van der Waals surface area (Å²) in [7, 11) is 5.30. The summed E-state index contributed by atoms with van der Waals surface area (Å²) in [5, 5.41) is 0. The maximum atomic E-state index is 2.92. The normalized spacial score (nSPS) is 21.6. The molecule has 3 aromatic rings. The lowest BCUT2D eigenvalue weighted by atomic mass is 9.68. The molecular formula is C45H64N3Si+. The van der Waals surface area contributed by atoms with Crippen molar-refractivity contribution in [1.29, 1.82) is 0 Å². The number of allylic oxidation sites excluding steroid dienone is 4. The van der Waals surface area contributed by atoms with Crippen LogP contribution in [0, 0.1) is 11.8 Å². The highest BCUT2D eigenvalue weighted by atomic mass is 28.3. The van der Waals surface area contributed by atoms with Gasteiger partial charge in [0.15, 0.2) is 8.24 Å². The Labute approximate surface area is 300 Å². The molecule has 0 N–H and O–H groups in total. The van der Waals surface area contributed by atoms with Crippen molar-refractivity contribution in [2.45, 2.75) is 116 Å². The second kappa shape index (κ2) is 13.7. The van der Waals surface area contributed by atoms with Gasteiger partial charge in [0.2, 0.25) is 0 Å². The summed E-state index contributed by atoms with van der Waals surface area (Å²) in [6, 6.07) is 29.4. The first kappa shape index (κ1) is 35.9. The number of fused-ring (bicyclic) bond motifs is 4. The molecule has 0 heterocycles. The van der Waals surface area contributed by atoms with Gasteiger partial charge in [0, 0.05) is 22.5 Å². The van der Waals surface area contributed by atoms with Crippen LogP contribution in [0.15, 0.2) is 96.6 Å². The van der Waals surface area contributed by atoms with E-state index >= 15 is 0 Å². The molecule has 0 spiro atoms. The molecule has 0 bridgehead atoms. The molecule has 49 heavy (non-hydrogen) atoms. The van der Waals surface area contributed by atoms with E-state index in [0.29, 0.717) is 11.8 Å². The fourth-order valence-corrected chi connectivity index (χ4v) is 16.7. The van der Waals surface area contributed by atoms with Crippen LogP contribution >= 0.6 is 0 Å². The van der Waals surface area contributed by atoms with Crippen molar-refractivity contribution in [3.05, 3.63) is 108 Å². The molecule has 3 atom stereocenters. The third-order valence-electron chi connectivity index (χ3n) is 12.0. The number of hydrogen-bond acceptors (Lipinski definition) is 2. The number of unbranched alkanes of at least 4 members (excludes halogenated alkanes) is 2. The van der Waals surface area contributed by atoms with Crippen LogP contribution < -0.4 is 4.90 Å². The quantitative estimate of drug-likeness (QED) is 0.107. The molecule has 4 heteroatoms. The molecule has 6 rings (SSSR count). The first-order valence-corrected chi connectivity index (χ1v) is 22.4. The predicted octanol–water partition coefficient (Wildman–Crippen LogP) is 12.4. The average Bonchev–Trinajstić information content (AvgIpc) is 3.59. The van der Waals surface area contributed by atoms with Crippen LogP contribution in [0.3, 0.4) is 0 Å². The number of para-hydroxylation sites is 2. The fraction of sp³-hybridized carbons (Fsp3) is 0.511. The zero-order valence-corrected chi connectivity index (χ0v) is 33.4. The number of nitrogens with zero attached hydrogens (tertiary/aromatic N) is 3. The standard InChI is InChI=1S/C45H64N3Si/c1-11-13-29-45(30-14-12-2)41-32-37(46(35-21-17-15-18-22-35)36-23-19-16-20-24-36)26-27-38(41)40-31-34-25-28-43(39(34)33-42(40)45)49(9,10)47(44(3,4)5)48(6,7)8/h15-24,26-27,31-34,39,43H,11-14,25,28-30H2,1-10H3/q+1. The van der Waals surface area contributed by atoms with E-state index in [1.54, 1.807) is 16.7 Å². The van der Waals surface area contributed by atoms with Gasteiger partial charge in [0.05, 0.1) is 26.7 Å². The van der Waals surface area contributed by atoms with Crippen molar-refractivity contribution in [2.24, 2.45) is 11.8 Å². The largest absolute Gasteiger partial charge is 0.310 e. The molecule has 1 saturated carbocycles. The third kappa shape index (κ3) is 6.54. The van der Waals surface area contributed by atoms with Gasteiger partial charge in [-0.3, -0.25) is 4.59 Å². The molecule has 3 nitrogen and oxygen atoms in total. The molecule has 3 aliphatic carbocycles. The minimum atomic E-state index is -1.87. The Morgan fingerprint density at radius 2 is 1.33 bits per heavy atom. The molecule has 3 aliphatic rings. The number of quaternary nitrogens is 1. The smallest absolute Gasteiger partial charge is 0.191 e. The summed E-state index contributed by atoms with van der Waals surface area (Å²) in [6.45, 7) is 17.4. The monoisotopic (exact) mass is 674 g/mol. The van der Waals surface area contributed by atoms with Gasteiger partial charge in [0.25, 0.3) is 0 Å². The minimum Gasteiger partial charge on any atom is -0.310 e. The molecule has 262 valence electrons. The van der Waals surface area contributed by atoms with Crippen molar-refractivity contribution in [1.82, 2.24) is 4.67 Å². The summed E-state index contributed by atoms with van der Waals surface area (Å²) in [5.41, 5.74) is 10.9. The van der Waals surface area contributed by atoms with E-state index in [0.717, 1.165) is 10.1 Å². The second-order valence-electron chi connectivity index (χ2n) is 17.7. The summed E-state index contributed by atoms with van der Waals surface area (Å²) in [6.07, 6.45) is 15.8. The first-order valence-electron chi connectivity index (χ1n) is 19.4. The molecule has 0 radical (unpaired) electrons. The van der Waals surface area contributed by atoms with Gasteiger partial charge in [-0.2, -0.15) is 4.67 Å². The molecule has 3 unspecified atom stereocenters. The van der Waals surface area contributed by atoms with E-state index in [1.807, 2.05) is 0 Å². The molecule has 1 fully saturated rings. The number of benzene rings is 3. The Morgan fingerprint density at radius 1 is 0.755 bits per heavy atom. The topological polar surface area (TPSA) is 6.48 Å². The van der Waals surface area contributed by atoms with Crippen molar-refractivity contribution in [2.75, 3.05) is 26.0 Å². The highest BCUT2D eigenvalue weighted by molar-refractivity contribution is 6.76. The lowest BCUT2D eigenvalue weighted by Crippen LogP contribution is -2.71. The first-order chi connectivity index (χ1) is 23.2. The van der Waals surface area contributed by atoms with Crippen molar-refractivity contribution >= 4 is 30.9 Å². The van der Waals surface area contributed by atoms with Gasteiger partial charge in [-0.05, 0) is 116 Å². The second-order valence-corrected chi connectivity index (χ2v) is 22.2. The molecule has 0 saturated heterocycles. The predicted molar refractivity (Wildman–Crippen MR) is 215 cm³/mol. The van der Waals surface area contributed by atoms with Gasteiger partial charge in [-0.1, -0.05) is 114 Å². The van der Waals surface area contributed by atoms with Gasteiger partial charge in [-0.25, -0.2) is 0 Å². The van der Waals surface area contributed by atoms with Crippen LogP contribution in [0.4, 0.5) is 17.1 Å². The minimum absolute atomic E-state index is 0.0653. The molecule has 0 amide bonds. The highest BCUT2D eigenvalue weighted by Crippen LogP contribution is 2.62. The Balaban J connectivity index is 1.51. The maximum absolute atomic E-state index is 2.92. The van der Waals surface area contributed by atoms with Crippen LogP contribution in [-0.2, 0) is 5.41 Å². The molecule has 3 aromatic carbocycles. The average molecular weight is 675 g/mol. The van der Waals surface area contributed by atoms with Crippen LogP contribution in [0.5, 0.6) is 0 Å². The van der Waals surface area contributed by atoms with Gasteiger partial charge >= 0.3 is 0 Å². The zero-order valence-electron chi connectivity index (χ0n) is 32.4. The van der Waals surface area contributed by atoms with Crippen LogP contribution in [0.25, 0.3) is 5.57 Å². The van der Waals surface area contributed by atoms with E-state index in [-0.39, 0.29) is 11.0 Å². The summed E-state index contributed by atoms with van der Waals surface area (Å²) in [5.74, 6) is 1.26. The highest BCUT2D eigenvalue weighted by Gasteiger charge is 2.56. The fourth-order valence-electron chi connectivity index (χ4n) is 10.9. The SMILES string of the molecule is CCCCC1(CCCC)C2=CC3C(C=C2c2ccc(N(c4ccccc4)c4ccccc4)cc21)CCC3[Si](C)(C)N(C(C)(C)C)[N+](C)(C)C. The molecular weight excluding hydrogens is 611 g/mol. The van der Waals surface area contributed by atoms with Crippen LogP contribution in [0.1, 0.15) is 97.1 Å². The number of hydrogen-bond donors (Lipinski definition) is 0. The Hall–Kier alpha value is -2.92. The van der Waals surface area contributed by atoms with Crippen LogP contribution in [0.2, 0.25) is 18.6 Å².